The lowest BCUT2D eigenvalue weighted by molar-refractivity contribution is 0.434. The van der Waals surface area contributed by atoms with Crippen molar-refractivity contribution in [1.82, 2.24) is 15.0 Å². The van der Waals surface area contributed by atoms with Crippen LogP contribution in [-0.4, -0.2) is 33.6 Å². The molecule has 0 radical (unpaired) electrons. The number of nitrogens with two attached hydrogens (primary N) is 2. The molecule has 8 heteroatoms. The summed E-state index contributed by atoms with van der Waals surface area (Å²) >= 11 is 0. The standard InChI is InChI=1S/C23H23FN6O/c1-11-2-3-15(9-27-11)31-23-28-20-8-16-17(5-13(24)6-19(16)26)21(20)22(29-23)30-10-12-4-14(30)7-18(12)25/h2-3,5-6,9,12,14,18H,4,7-8,10,25-26H2,1H3. The average molecular weight is 418 g/mol. The molecule has 158 valence electrons. The van der Waals surface area contributed by atoms with Crippen molar-refractivity contribution in [2.24, 2.45) is 11.7 Å². The van der Waals surface area contributed by atoms with Gasteiger partial charge in [0.25, 0.3) is 0 Å². The summed E-state index contributed by atoms with van der Waals surface area (Å²) < 4.78 is 20.2. The largest absolute Gasteiger partial charge is 0.423 e. The Kier molecular flexibility index (Phi) is 3.95. The molecule has 4 N–H and O–H groups in total. The van der Waals surface area contributed by atoms with Gasteiger partial charge in [0, 0.05) is 42.0 Å². The van der Waals surface area contributed by atoms with Crippen molar-refractivity contribution in [2.45, 2.75) is 38.3 Å². The van der Waals surface area contributed by atoms with Crippen LogP contribution in [-0.2, 0) is 6.42 Å². The number of pyridine rings is 1. The Balaban J connectivity index is 1.47. The average Bonchev–Trinajstić information content (AvgIpc) is 3.41. The second-order valence-electron chi connectivity index (χ2n) is 8.79. The third kappa shape index (κ3) is 2.93. The van der Waals surface area contributed by atoms with E-state index >= 15 is 0 Å². The number of aromatic nitrogens is 3. The van der Waals surface area contributed by atoms with E-state index in [1.807, 2.05) is 19.1 Å². The molecule has 31 heavy (non-hydrogen) atoms. The van der Waals surface area contributed by atoms with Crippen LogP contribution >= 0.6 is 0 Å². The van der Waals surface area contributed by atoms with Gasteiger partial charge in [-0.05, 0) is 61.1 Å². The number of hydrogen-bond acceptors (Lipinski definition) is 7. The van der Waals surface area contributed by atoms with Crippen molar-refractivity contribution in [3.63, 3.8) is 0 Å². The first-order valence-electron chi connectivity index (χ1n) is 10.6. The summed E-state index contributed by atoms with van der Waals surface area (Å²) in [6.45, 7) is 2.75. The molecule has 2 fully saturated rings. The molecule has 7 nitrogen and oxygen atoms in total. The zero-order chi connectivity index (χ0) is 21.3. The van der Waals surface area contributed by atoms with Crippen molar-refractivity contribution in [3.05, 3.63) is 53.2 Å². The Labute approximate surface area is 179 Å². The minimum Gasteiger partial charge on any atom is -0.423 e. The van der Waals surface area contributed by atoms with Gasteiger partial charge < -0.3 is 21.1 Å². The maximum absolute atomic E-state index is 14.2. The molecule has 6 rings (SSSR count). The van der Waals surface area contributed by atoms with Crippen molar-refractivity contribution in [3.8, 4) is 22.9 Å². The number of halogens is 1. The van der Waals surface area contributed by atoms with Gasteiger partial charge >= 0.3 is 6.01 Å². The molecule has 3 heterocycles. The Bertz CT molecular complexity index is 1200. The highest BCUT2D eigenvalue weighted by Crippen LogP contribution is 2.48. The first kappa shape index (κ1) is 18.5. The molecule has 2 aliphatic carbocycles. The summed E-state index contributed by atoms with van der Waals surface area (Å²) in [7, 11) is 0. The summed E-state index contributed by atoms with van der Waals surface area (Å²) in [6.07, 6.45) is 4.16. The molecule has 1 aliphatic heterocycles. The van der Waals surface area contributed by atoms with Crippen LogP contribution in [0.15, 0.2) is 30.5 Å². The molecule has 2 aromatic heterocycles. The van der Waals surface area contributed by atoms with Gasteiger partial charge in [0.15, 0.2) is 0 Å². The number of rotatable bonds is 3. The second kappa shape index (κ2) is 6.62. The van der Waals surface area contributed by atoms with E-state index in [4.69, 9.17) is 21.2 Å². The topological polar surface area (TPSA) is 103 Å². The molecule has 1 saturated carbocycles. The molecular weight excluding hydrogens is 395 g/mol. The Morgan fingerprint density at radius 1 is 1.19 bits per heavy atom. The van der Waals surface area contributed by atoms with Crippen LogP contribution in [0.4, 0.5) is 15.9 Å². The summed E-state index contributed by atoms with van der Waals surface area (Å²) in [6, 6.07) is 7.44. The highest BCUT2D eigenvalue weighted by Gasteiger charge is 2.45. The molecule has 0 amide bonds. The normalized spacial score (nSPS) is 23.2. The zero-order valence-corrected chi connectivity index (χ0v) is 17.2. The lowest BCUT2D eigenvalue weighted by Crippen LogP contribution is -2.41. The first-order chi connectivity index (χ1) is 15.0. The monoisotopic (exact) mass is 418 g/mol. The van der Waals surface area contributed by atoms with Gasteiger partial charge in [-0.1, -0.05) is 0 Å². The second-order valence-corrected chi connectivity index (χ2v) is 8.79. The molecule has 0 spiro atoms. The van der Waals surface area contributed by atoms with Crippen molar-refractivity contribution in [1.29, 1.82) is 0 Å². The molecule has 3 unspecified atom stereocenters. The molecular formula is C23H23FN6O. The fourth-order valence-corrected chi connectivity index (χ4v) is 5.25. The van der Waals surface area contributed by atoms with Crippen molar-refractivity contribution >= 4 is 11.5 Å². The summed E-state index contributed by atoms with van der Waals surface area (Å²) in [4.78, 5) is 16.1. The molecule has 1 aromatic carbocycles. The Hall–Kier alpha value is -3.26. The maximum atomic E-state index is 14.2. The minimum atomic E-state index is -0.355. The zero-order valence-electron chi connectivity index (χ0n) is 17.2. The van der Waals surface area contributed by atoms with E-state index in [0.717, 1.165) is 53.3 Å². The lowest BCUT2D eigenvalue weighted by Gasteiger charge is -2.32. The Morgan fingerprint density at radius 3 is 2.77 bits per heavy atom. The van der Waals surface area contributed by atoms with Crippen LogP contribution in [0.25, 0.3) is 11.1 Å². The van der Waals surface area contributed by atoms with E-state index in [2.05, 4.69) is 14.9 Å². The smallest absolute Gasteiger partial charge is 0.324 e. The number of benzene rings is 1. The number of ether oxygens (including phenoxy) is 1. The molecule has 3 aliphatic rings. The van der Waals surface area contributed by atoms with Gasteiger partial charge in [0.2, 0.25) is 0 Å². The van der Waals surface area contributed by atoms with Crippen molar-refractivity contribution < 1.29 is 9.13 Å². The van der Waals surface area contributed by atoms with Crippen LogP contribution < -0.4 is 21.1 Å². The number of aryl methyl sites for hydroxylation is 1. The van der Waals surface area contributed by atoms with E-state index < -0.39 is 0 Å². The fraction of sp³-hybridized carbons (Fsp3) is 0.348. The quantitative estimate of drug-likeness (QED) is 0.493. The van der Waals surface area contributed by atoms with Crippen LogP contribution in [0.2, 0.25) is 0 Å². The predicted octanol–water partition coefficient (Wildman–Crippen LogP) is 3.19. The van der Waals surface area contributed by atoms with Gasteiger partial charge in [0.1, 0.15) is 17.4 Å². The van der Waals surface area contributed by atoms with Crippen LogP contribution in [0, 0.1) is 18.7 Å². The van der Waals surface area contributed by atoms with E-state index in [1.165, 1.54) is 12.1 Å². The van der Waals surface area contributed by atoms with Gasteiger partial charge in [-0.25, -0.2) is 4.39 Å². The van der Waals surface area contributed by atoms with Gasteiger partial charge in [-0.2, -0.15) is 9.97 Å². The third-order valence-corrected chi connectivity index (χ3v) is 6.77. The number of nitrogen functional groups attached to an aromatic ring is 1. The van der Waals surface area contributed by atoms with Gasteiger partial charge in [-0.3, -0.25) is 4.98 Å². The highest BCUT2D eigenvalue weighted by molar-refractivity contribution is 5.88. The van der Waals surface area contributed by atoms with E-state index in [0.29, 0.717) is 29.8 Å². The van der Waals surface area contributed by atoms with Gasteiger partial charge in [0.05, 0.1) is 11.9 Å². The number of hydrogen-bond donors (Lipinski definition) is 2. The maximum Gasteiger partial charge on any atom is 0.324 e. The molecule has 2 bridgehead atoms. The minimum absolute atomic E-state index is 0.228. The van der Waals surface area contributed by atoms with Gasteiger partial charge in [-0.15, -0.1) is 0 Å². The van der Waals surface area contributed by atoms with E-state index in [1.54, 1.807) is 6.20 Å². The predicted molar refractivity (Wildman–Crippen MR) is 116 cm³/mol. The fourth-order valence-electron chi connectivity index (χ4n) is 5.25. The molecule has 1 saturated heterocycles. The molecule has 3 aromatic rings. The third-order valence-electron chi connectivity index (χ3n) is 6.77. The summed E-state index contributed by atoms with van der Waals surface area (Å²) in [5, 5.41) is 0. The Morgan fingerprint density at radius 2 is 2.06 bits per heavy atom. The van der Waals surface area contributed by atoms with Crippen molar-refractivity contribution in [2.75, 3.05) is 17.2 Å². The van der Waals surface area contributed by atoms with E-state index in [9.17, 15) is 4.39 Å². The highest BCUT2D eigenvalue weighted by atomic mass is 19.1. The first-order valence-corrected chi connectivity index (χ1v) is 10.6. The van der Waals surface area contributed by atoms with E-state index in [-0.39, 0.29) is 17.9 Å². The van der Waals surface area contributed by atoms with Crippen LogP contribution in [0.1, 0.15) is 29.8 Å². The number of piperidine rings is 1. The SMILES string of the molecule is Cc1ccc(Oc2nc3c(c(N4CC5CC4CC5N)n2)-c2cc(F)cc(N)c2C3)cn1. The summed E-state index contributed by atoms with van der Waals surface area (Å²) in [5.74, 6) is 1.44. The van der Waals surface area contributed by atoms with Crippen LogP contribution in [0.3, 0.4) is 0 Å². The lowest BCUT2D eigenvalue weighted by atomic mass is 10.0. The van der Waals surface area contributed by atoms with Crippen LogP contribution in [0.5, 0.6) is 11.8 Å². The number of anilines is 2. The number of nitrogens with zero attached hydrogens (tertiary/aromatic N) is 4. The molecule has 3 atom stereocenters. The summed E-state index contributed by atoms with van der Waals surface area (Å²) in [5.41, 5.74) is 17.1. The number of fused-ring (bicyclic) bond motifs is 5.